The Kier molecular flexibility index (Phi) is 2.90. The van der Waals surface area contributed by atoms with Crippen LogP contribution in [0.1, 0.15) is 10.4 Å². The van der Waals surface area contributed by atoms with Gasteiger partial charge in [-0.25, -0.2) is 0 Å². The van der Waals surface area contributed by atoms with E-state index in [1.165, 1.54) is 6.07 Å². The lowest BCUT2D eigenvalue weighted by Gasteiger charge is -2.20. The average Bonchev–Trinajstić information content (AvgIpc) is 2.32. The van der Waals surface area contributed by atoms with E-state index >= 15 is 0 Å². The van der Waals surface area contributed by atoms with E-state index in [-0.39, 0.29) is 5.78 Å². The molecule has 0 aromatic heterocycles. The first kappa shape index (κ1) is 12.3. The number of Topliss-reactive ketones (excluding diaryl/α,β-unsaturated/α-hetero) is 1. The summed E-state index contributed by atoms with van der Waals surface area (Å²) < 4.78 is 26.2. The van der Waals surface area contributed by atoms with Crippen molar-refractivity contribution in [3.05, 3.63) is 53.8 Å². The monoisotopic (exact) mass is 250 g/mol. The number of allylic oxidation sites excluding steroid dienone is 3. The molecule has 4 N–H and O–H groups in total. The fraction of sp³-hybridized carbons (Fsp3) is 0.154. The number of rotatable bonds is 2. The van der Waals surface area contributed by atoms with E-state index < -0.39 is 17.5 Å². The second-order valence-electron chi connectivity index (χ2n) is 4.12. The Morgan fingerprint density at radius 1 is 1.28 bits per heavy atom. The lowest BCUT2D eigenvalue weighted by molar-refractivity contribution is 0.0874. The van der Waals surface area contributed by atoms with E-state index in [9.17, 15) is 13.6 Å². The third kappa shape index (κ3) is 2.25. The zero-order chi connectivity index (χ0) is 13.3. The maximum absolute atomic E-state index is 13.1. The Bertz CT molecular complexity index is 550. The van der Waals surface area contributed by atoms with Crippen molar-refractivity contribution in [2.45, 2.75) is 5.92 Å². The van der Waals surface area contributed by atoms with Crippen molar-refractivity contribution in [1.29, 1.82) is 0 Å². The maximum Gasteiger partial charge on any atom is 0.305 e. The second kappa shape index (κ2) is 4.25. The summed E-state index contributed by atoms with van der Waals surface area (Å²) in [5.74, 6) is -4.25. The highest BCUT2D eigenvalue weighted by Gasteiger charge is 2.34. The lowest BCUT2D eigenvalue weighted by Crippen LogP contribution is -2.28. The summed E-state index contributed by atoms with van der Waals surface area (Å²) in [6, 6.07) is 6.37. The van der Waals surface area contributed by atoms with E-state index in [1.807, 2.05) is 0 Å². The molecule has 3 nitrogen and oxygen atoms in total. The van der Waals surface area contributed by atoms with Gasteiger partial charge in [0, 0.05) is 11.3 Å². The highest BCUT2D eigenvalue weighted by atomic mass is 19.3. The third-order valence-electron chi connectivity index (χ3n) is 2.73. The average molecular weight is 250 g/mol. The molecule has 1 atom stereocenters. The van der Waals surface area contributed by atoms with Crippen LogP contribution in [0.5, 0.6) is 0 Å². The second-order valence-corrected chi connectivity index (χ2v) is 4.12. The molecule has 0 saturated heterocycles. The van der Waals surface area contributed by atoms with Gasteiger partial charge in [0.15, 0.2) is 5.78 Å². The Balaban J connectivity index is 2.27. The van der Waals surface area contributed by atoms with Crippen molar-refractivity contribution in [2.24, 2.45) is 11.7 Å². The molecule has 0 radical (unpaired) electrons. The first-order valence-corrected chi connectivity index (χ1v) is 5.35. The molecule has 0 bridgehead atoms. The van der Waals surface area contributed by atoms with E-state index in [0.717, 1.165) is 12.2 Å². The maximum atomic E-state index is 13.1. The highest BCUT2D eigenvalue weighted by Crippen LogP contribution is 2.29. The van der Waals surface area contributed by atoms with E-state index in [0.29, 0.717) is 17.3 Å². The van der Waals surface area contributed by atoms with E-state index in [1.54, 1.807) is 18.2 Å². The van der Waals surface area contributed by atoms with Gasteiger partial charge in [0.1, 0.15) is 0 Å². The third-order valence-corrected chi connectivity index (χ3v) is 2.73. The Labute approximate surface area is 103 Å². The van der Waals surface area contributed by atoms with Gasteiger partial charge in [0.2, 0.25) is 0 Å². The number of hydrogen-bond acceptors (Lipinski definition) is 3. The van der Waals surface area contributed by atoms with Gasteiger partial charge in [0.25, 0.3) is 0 Å². The number of carbonyl (C=O) groups is 1. The molecule has 0 saturated carbocycles. The van der Waals surface area contributed by atoms with Gasteiger partial charge < -0.3 is 11.5 Å². The van der Waals surface area contributed by atoms with E-state index in [2.05, 4.69) is 0 Å². The van der Waals surface area contributed by atoms with Crippen molar-refractivity contribution in [3.63, 3.8) is 0 Å². The molecule has 0 amide bonds. The molecule has 18 heavy (non-hydrogen) atoms. The lowest BCUT2D eigenvalue weighted by atomic mass is 9.91. The minimum Gasteiger partial charge on any atom is -0.399 e. The van der Waals surface area contributed by atoms with Crippen LogP contribution in [0.25, 0.3) is 0 Å². The van der Waals surface area contributed by atoms with Gasteiger partial charge in [0.05, 0.1) is 11.6 Å². The van der Waals surface area contributed by atoms with Gasteiger partial charge in [-0.1, -0.05) is 18.2 Å². The summed E-state index contributed by atoms with van der Waals surface area (Å²) in [4.78, 5) is 12.1. The number of benzene rings is 1. The molecule has 0 heterocycles. The number of halogens is 2. The van der Waals surface area contributed by atoms with Crippen LogP contribution in [0, 0.1) is 5.92 Å². The molecule has 1 unspecified atom stereocenters. The summed E-state index contributed by atoms with van der Waals surface area (Å²) in [6.45, 7) is 0. The first-order valence-electron chi connectivity index (χ1n) is 5.35. The van der Waals surface area contributed by atoms with Crippen LogP contribution in [0.4, 0.5) is 14.5 Å². The Morgan fingerprint density at radius 3 is 2.61 bits per heavy atom. The van der Waals surface area contributed by atoms with Gasteiger partial charge >= 0.3 is 5.92 Å². The van der Waals surface area contributed by atoms with Gasteiger partial charge in [-0.3, -0.25) is 4.79 Å². The van der Waals surface area contributed by atoms with Crippen molar-refractivity contribution in [1.82, 2.24) is 0 Å². The smallest absolute Gasteiger partial charge is 0.305 e. The first-order chi connectivity index (χ1) is 8.40. The molecular weight excluding hydrogens is 238 g/mol. The molecule has 0 fully saturated rings. The minimum atomic E-state index is -3.17. The highest BCUT2D eigenvalue weighted by molar-refractivity contribution is 6.00. The van der Waals surface area contributed by atoms with Crippen molar-refractivity contribution >= 4 is 11.5 Å². The van der Waals surface area contributed by atoms with Crippen molar-refractivity contribution in [2.75, 3.05) is 5.73 Å². The van der Waals surface area contributed by atoms with Crippen LogP contribution < -0.4 is 11.5 Å². The normalized spacial score (nSPS) is 21.4. The number of carbonyl (C=O) groups excluding carboxylic acids is 1. The topological polar surface area (TPSA) is 69.1 Å². The molecule has 1 aromatic rings. The molecule has 1 aromatic carbocycles. The zero-order valence-corrected chi connectivity index (χ0v) is 9.44. The minimum absolute atomic E-state index is 0.308. The molecule has 1 aliphatic carbocycles. The molecule has 0 spiro atoms. The standard InChI is InChI=1S/C13H12F2N2O/c14-13(15)5-4-9(7-11(13)17)12(18)8-2-1-3-10(16)6-8/h1-7,9H,16-17H2. The number of anilines is 1. The van der Waals surface area contributed by atoms with Crippen LogP contribution in [0.3, 0.4) is 0 Å². The number of nitrogens with two attached hydrogens (primary N) is 2. The molecule has 94 valence electrons. The molecular formula is C13H12F2N2O. The fourth-order valence-electron chi connectivity index (χ4n) is 1.73. The molecule has 5 heteroatoms. The summed E-state index contributed by atoms with van der Waals surface area (Å²) in [5.41, 5.74) is 11.0. The van der Waals surface area contributed by atoms with Crippen LogP contribution in [0.2, 0.25) is 0 Å². The SMILES string of the molecule is NC1=CC(C(=O)c2cccc(N)c2)C=CC1(F)F. The van der Waals surface area contributed by atoms with Crippen LogP contribution in [-0.4, -0.2) is 11.7 Å². The molecule has 0 aliphatic heterocycles. The van der Waals surface area contributed by atoms with Gasteiger partial charge in [-0.05, 0) is 24.3 Å². The van der Waals surface area contributed by atoms with Gasteiger partial charge in [-0.2, -0.15) is 8.78 Å². The number of nitrogen functional groups attached to an aromatic ring is 1. The fourth-order valence-corrected chi connectivity index (χ4v) is 1.73. The van der Waals surface area contributed by atoms with Crippen LogP contribution >= 0.6 is 0 Å². The summed E-state index contributed by atoms with van der Waals surface area (Å²) in [7, 11) is 0. The number of hydrogen-bond donors (Lipinski definition) is 2. The molecule has 2 rings (SSSR count). The van der Waals surface area contributed by atoms with E-state index in [4.69, 9.17) is 11.5 Å². The van der Waals surface area contributed by atoms with Crippen molar-refractivity contribution < 1.29 is 13.6 Å². The van der Waals surface area contributed by atoms with Gasteiger partial charge in [-0.15, -0.1) is 0 Å². The molecule has 1 aliphatic rings. The predicted molar refractivity (Wildman–Crippen MR) is 65.0 cm³/mol. The predicted octanol–water partition coefficient (Wildman–Crippen LogP) is 2.12. The number of alkyl halides is 2. The van der Waals surface area contributed by atoms with Crippen LogP contribution in [-0.2, 0) is 0 Å². The zero-order valence-electron chi connectivity index (χ0n) is 9.44. The largest absolute Gasteiger partial charge is 0.399 e. The quantitative estimate of drug-likeness (QED) is 0.480. The van der Waals surface area contributed by atoms with Crippen LogP contribution in [0.15, 0.2) is 48.2 Å². The Morgan fingerprint density at radius 2 is 2.00 bits per heavy atom. The summed E-state index contributed by atoms with van der Waals surface area (Å²) in [5, 5.41) is 0. The summed E-state index contributed by atoms with van der Waals surface area (Å²) >= 11 is 0. The Hall–Kier alpha value is -2.17. The van der Waals surface area contributed by atoms with Crippen molar-refractivity contribution in [3.8, 4) is 0 Å². The number of ketones is 1. The summed E-state index contributed by atoms with van der Waals surface area (Å²) in [6.07, 6.45) is 2.88.